The van der Waals surface area contributed by atoms with Gasteiger partial charge in [-0.05, 0) is 29.8 Å². The first-order valence-corrected chi connectivity index (χ1v) is 7.88. The molecule has 0 spiro atoms. The van der Waals surface area contributed by atoms with Crippen molar-refractivity contribution in [2.75, 3.05) is 17.9 Å². The smallest absolute Gasteiger partial charge is 0.234 e. The van der Waals surface area contributed by atoms with Crippen molar-refractivity contribution >= 4 is 23.4 Å². The van der Waals surface area contributed by atoms with E-state index in [0.29, 0.717) is 28.7 Å². The van der Waals surface area contributed by atoms with E-state index in [0.717, 1.165) is 5.56 Å². The van der Waals surface area contributed by atoms with Gasteiger partial charge in [-0.2, -0.15) is 0 Å². The lowest BCUT2D eigenvalue weighted by Gasteiger charge is -2.06. The van der Waals surface area contributed by atoms with Crippen molar-refractivity contribution in [3.05, 3.63) is 53.8 Å². The SMILES string of the molecule is O=C(CSCc1ccc(F)cc1)Nc1ccc2c(c1)OCO2. The molecule has 0 aromatic heterocycles. The summed E-state index contributed by atoms with van der Waals surface area (Å²) in [5.41, 5.74) is 1.67. The first-order valence-electron chi connectivity index (χ1n) is 6.72. The lowest BCUT2D eigenvalue weighted by Crippen LogP contribution is -2.14. The van der Waals surface area contributed by atoms with Gasteiger partial charge in [0.2, 0.25) is 12.7 Å². The summed E-state index contributed by atoms with van der Waals surface area (Å²) in [5.74, 6) is 1.96. The fourth-order valence-electron chi connectivity index (χ4n) is 2.01. The molecular formula is C16H14FNO3S. The van der Waals surface area contributed by atoms with Gasteiger partial charge in [0.1, 0.15) is 5.82 Å². The van der Waals surface area contributed by atoms with Gasteiger partial charge in [0.25, 0.3) is 0 Å². The van der Waals surface area contributed by atoms with Crippen LogP contribution in [-0.4, -0.2) is 18.5 Å². The second-order valence-electron chi connectivity index (χ2n) is 4.74. The summed E-state index contributed by atoms with van der Waals surface area (Å²) >= 11 is 1.47. The Bertz CT molecular complexity index is 676. The van der Waals surface area contributed by atoms with Gasteiger partial charge in [-0.15, -0.1) is 11.8 Å². The van der Waals surface area contributed by atoms with Gasteiger partial charge in [-0.25, -0.2) is 4.39 Å². The molecule has 0 unspecified atom stereocenters. The molecule has 0 fully saturated rings. The minimum atomic E-state index is -0.255. The highest BCUT2D eigenvalue weighted by molar-refractivity contribution is 7.99. The van der Waals surface area contributed by atoms with E-state index >= 15 is 0 Å². The first kappa shape index (κ1) is 14.7. The second kappa shape index (κ2) is 6.70. The maximum atomic E-state index is 12.8. The zero-order valence-electron chi connectivity index (χ0n) is 11.7. The number of thioether (sulfide) groups is 1. The highest BCUT2D eigenvalue weighted by Gasteiger charge is 2.14. The molecule has 4 nitrogen and oxygen atoms in total. The van der Waals surface area contributed by atoms with E-state index in [4.69, 9.17) is 9.47 Å². The molecule has 6 heteroatoms. The van der Waals surface area contributed by atoms with Gasteiger partial charge in [0.05, 0.1) is 5.75 Å². The summed E-state index contributed by atoms with van der Waals surface area (Å²) in [6.07, 6.45) is 0. The molecule has 22 heavy (non-hydrogen) atoms. The quantitative estimate of drug-likeness (QED) is 0.917. The average molecular weight is 319 g/mol. The maximum absolute atomic E-state index is 12.8. The van der Waals surface area contributed by atoms with Gasteiger partial charge in [0.15, 0.2) is 11.5 Å². The van der Waals surface area contributed by atoms with Crippen LogP contribution in [0, 0.1) is 5.82 Å². The number of carbonyl (C=O) groups is 1. The number of fused-ring (bicyclic) bond motifs is 1. The molecule has 0 aliphatic carbocycles. The normalized spacial score (nSPS) is 12.2. The Morgan fingerprint density at radius 3 is 2.73 bits per heavy atom. The van der Waals surface area contributed by atoms with Crippen LogP contribution in [-0.2, 0) is 10.5 Å². The summed E-state index contributed by atoms with van der Waals surface area (Å²) in [7, 11) is 0. The van der Waals surface area contributed by atoms with Crippen molar-refractivity contribution in [3.8, 4) is 11.5 Å². The van der Waals surface area contributed by atoms with E-state index < -0.39 is 0 Å². The molecule has 0 saturated carbocycles. The van der Waals surface area contributed by atoms with Crippen LogP contribution in [0.25, 0.3) is 0 Å². The predicted octanol–water partition coefficient (Wildman–Crippen LogP) is 3.43. The lowest BCUT2D eigenvalue weighted by molar-refractivity contribution is -0.113. The fourth-order valence-corrected chi connectivity index (χ4v) is 2.80. The molecule has 0 atom stereocenters. The predicted molar refractivity (Wildman–Crippen MR) is 83.8 cm³/mol. The minimum absolute atomic E-state index is 0.0917. The van der Waals surface area contributed by atoms with Crippen LogP contribution in [0.1, 0.15) is 5.56 Å². The van der Waals surface area contributed by atoms with Crippen LogP contribution < -0.4 is 14.8 Å². The molecule has 0 bridgehead atoms. The van der Waals surface area contributed by atoms with Crippen LogP contribution in [0.4, 0.5) is 10.1 Å². The van der Waals surface area contributed by atoms with E-state index in [9.17, 15) is 9.18 Å². The third kappa shape index (κ3) is 3.71. The highest BCUT2D eigenvalue weighted by Crippen LogP contribution is 2.34. The van der Waals surface area contributed by atoms with Crippen LogP contribution in [0.5, 0.6) is 11.5 Å². The van der Waals surface area contributed by atoms with Crippen LogP contribution in [0.15, 0.2) is 42.5 Å². The van der Waals surface area contributed by atoms with Gasteiger partial charge in [-0.1, -0.05) is 12.1 Å². The van der Waals surface area contributed by atoms with Gasteiger partial charge in [0, 0.05) is 17.5 Å². The number of amides is 1. The van der Waals surface area contributed by atoms with E-state index in [2.05, 4.69) is 5.32 Å². The van der Waals surface area contributed by atoms with Crippen LogP contribution >= 0.6 is 11.8 Å². The van der Waals surface area contributed by atoms with Crippen molar-refractivity contribution < 1.29 is 18.7 Å². The number of hydrogen-bond acceptors (Lipinski definition) is 4. The monoisotopic (exact) mass is 319 g/mol. The molecule has 1 heterocycles. The zero-order valence-corrected chi connectivity index (χ0v) is 12.5. The van der Waals surface area contributed by atoms with Crippen molar-refractivity contribution in [3.63, 3.8) is 0 Å². The Morgan fingerprint density at radius 2 is 1.91 bits per heavy atom. The Morgan fingerprint density at radius 1 is 1.14 bits per heavy atom. The molecule has 2 aromatic rings. The number of rotatable bonds is 5. The molecule has 0 radical (unpaired) electrons. The summed E-state index contributed by atoms with van der Waals surface area (Å²) in [6, 6.07) is 11.6. The lowest BCUT2D eigenvalue weighted by atomic mass is 10.2. The Labute approximate surface area is 131 Å². The number of hydrogen-bond donors (Lipinski definition) is 1. The van der Waals surface area contributed by atoms with Gasteiger partial charge >= 0.3 is 0 Å². The number of nitrogens with one attached hydrogen (secondary N) is 1. The maximum Gasteiger partial charge on any atom is 0.234 e. The van der Waals surface area contributed by atoms with E-state index in [1.807, 2.05) is 0 Å². The Kier molecular flexibility index (Phi) is 4.48. The summed E-state index contributed by atoms with van der Waals surface area (Å²) in [6.45, 7) is 0.209. The zero-order chi connectivity index (χ0) is 15.4. The van der Waals surface area contributed by atoms with E-state index in [1.165, 1.54) is 23.9 Å². The molecule has 1 N–H and O–H groups in total. The molecule has 0 saturated heterocycles. The minimum Gasteiger partial charge on any atom is -0.454 e. The van der Waals surface area contributed by atoms with Crippen molar-refractivity contribution in [1.82, 2.24) is 0 Å². The molecule has 2 aromatic carbocycles. The highest BCUT2D eigenvalue weighted by atomic mass is 32.2. The summed E-state index contributed by atoms with van der Waals surface area (Å²) in [4.78, 5) is 11.9. The molecule has 3 rings (SSSR count). The third-order valence-electron chi connectivity index (χ3n) is 3.07. The number of anilines is 1. The number of halogens is 1. The van der Waals surface area contributed by atoms with E-state index in [-0.39, 0.29) is 18.5 Å². The second-order valence-corrected chi connectivity index (χ2v) is 5.72. The molecular weight excluding hydrogens is 305 g/mol. The molecule has 1 amide bonds. The number of ether oxygens (including phenoxy) is 2. The Hall–Kier alpha value is -2.21. The molecule has 1 aliphatic heterocycles. The fraction of sp³-hybridized carbons (Fsp3) is 0.188. The average Bonchev–Trinajstić information content (AvgIpc) is 2.97. The van der Waals surface area contributed by atoms with Gasteiger partial charge < -0.3 is 14.8 Å². The summed E-state index contributed by atoms with van der Waals surface area (Å²) in [5, 5.41) is 2.81. The Balaban J connectivity index is 1.47. The van der Waals surface area contributed by atoms with Gasteiger partial charge in [-0.3, -0.25) is 4.79 Å². The molecule has 114 valence electrons. The van der Waals surface area contributed by atoms with Crippen LogP contribution in [0.3, 0.4) is 0 Å². The number of carbonyl (C=O) groups excluding carboxylic acids is 1. The summed E-state index contributed by atoms with van der Waals surface area (Å²) < 4.78 is 23.3. The topological polar surface area (TPSA) is 47.6 Å². The van der Waals surface area contributed by atoms with Crippen LogP contribution in [0.2, 0.25) is 0 Å². The largest absolute Gasteiger partial charge is 0.454 e. The van der Waals surface area contributed by atoms with Crippen molar-refractivity contribution in [1.29, 1.82) is 0 Å². The van der Waals surface area contributed by atoms with Crippen molar-refractivity contribution in [2.24, 2.45) is 0 Å². The molecule has 1 aliphatic rings. The number of benzene rings is 2. The van der Waals surface area contributed by atoms with Crippen molar-refractivity contribution in [2.45, 2.75) is 5.75 Å². The third-order valence-corrected chi connectivity index (χ3v) is 4.08. The first-order chi connectivity index (χ1) is 10.7. The van der Waals surface area contributed by atoms with E-state index in [1.54, 1.807) is 30.3 Å². The standard InChI is InChI=1S/C16H14FNO3S/c17-12-3-1-11(2-4-12)8-22-9-16(19)18-13-5-6-14-15(7-13)21-10-20-14/h1-7H,8-10H2,(H,18,19).